The maximum absolute atomic E-state index is 10.6. The molecule has 52 valence electrons. The first-order chi connectivity index (χ1) is 4.04. The van der Waals surface area contributed by atoms with Crippen molar-refractivity contribution in [3.05, 3.63) is 0 Å². The van der Waals surface area contributed by atoms with Crippen LogP contribution in [0.25, 0.3) is 0 Å². The molecule has 0 aliphatic heterocycles. The third-order valence-corrected chi connectivity index (χ3v) is 0.733. The van der Waals surface area contributed by atoms with E-state index in [0.29, 0.717) is 0 Å². The second kappa shape index (κ2) is 3.06. The molecule has 9 heavy (non-hydrogen) atoms. The summed E-state index contributed by atoms with van der Waals surface area (Å²) in [5.41, 5.74) is 9.88. The van der Waals surface area contributed by atoms with Gasteiger partial charge in [0.05, 0.1) is 0 Å². The van der Waals surface area contributed by atoms with Crippen molar-refractivity contribution in [2.75, 3.05) is 0 Å². The maximum Gasteiger partial charge on any atom is 0.251 e. The van der Waals surface area contributed by atoms with Gasteiger partial charge >= 0.3 is 0 Å². The van der Waals surface area contributed by atoms with Crippen LogP contribution in [0.3, 0.4) is 0 Å². The number of rotatable bonds is 1. The van der Waals surface area contributed by atoms with Crippen LogP contribution >= 0.6 is 0 Å². The number of hydrogen-bond donors (Lipinski definition) is 2. The molecule has 0 bridgehead atoms. The first-order valence-electron chi connectivity index (χ1n) is 2.67. The van der Waals surface area contributed by atoms with E-state index < -0.39 is 0 Å². The fraction of sp³-hybridized carbons (Fsp3) is 0.600. The number of carbonyl (C=O) groups is 1. The van der Waals surface area contributed by atoms with Crippen LogP contribution in [-0.2, 0) is 4.79 Å². The van der Waals surface area contributed by atoms with E-state index in [1.807, 2.05) is 0 Å². The Morgan fingerprint density at radius 2 is 1.89 bits per heavy atom. The summed E-state index contributed by atoms with van der Waals surface area (Å²) >= 11 is 0. The molecule has 0 unspecified atom stereocenters. The summed E-state index contributed by atoms with van der Waals surface area (Å²) in [6.45, 7) is 3.46. The second-order valence-corrected chi connectivity index (χ2v) is 2.03. The molecule has 4 nitrogen and oxygen atoms in total. The molecule has 4 heteroatoms. The highest BCUT2D eigenvalue weighted by molar-refractivity contribution is 5.92. The fourth-order valence-electron chi connectivity index (χ4n) is 0.256. The van der Waals surface area contributed by atoms with Crippen molar-refractivity contribution in [3.8, 4) is 0 Å². The SMILES string of the molecule is CC(C)C(=O)N=C(N)N. The molecule has 0 fully saturated rings. The van der Waals surface area contributed by atoms with Gasteiger partial charge in [0.15, 0.2) is 5.96 Å². The monoisotopic (exact) mass is 129 g/mol. The number of carbonyl (C=O) groups excluding carboxylic acids is 1. The molecule has 0 rings (SSSR count). The number of aliphatic imine (C=N–C) groups is 1. The lowest BCUT2D eigenvalue weighted by molar-refractivity contribution is -0.120. The zero-order chi connectivity index (χ0) is 7.44. The van der Waals surface area contributed by atoms with E-state index in [-0.39, 0.29) is 17.8 Å². The van der Waals surface area contributed by atoms with E-state index >= 15 is 0 Å². The van der Waals surface area contributed by atoms with E-state index in [9.17, 15) is 4.79 Å². The van der Waals surface area contributed by atoms with Gasteiger partial charge in [-0.3, -0.25) is 4.79 Å². The molecule has 0 radical (unpaired) electrons. The standard InChI is InChI=1S/C5H11N3O/c1-3(2)4(9)8-5(6)7/h3H,1-2H3,(H4,6,7,8,9). The molecule has 0 atom stereocenters. The quantitative estimate of drug-likeness (QED) is 0.368. The first kappa shape index (κ1) is 7.94. The summed E-state index contributed by atoms with van der Waals surface area (Å²) in [7, 11) is 0. The van der Waals surface area contributed by atoms with E-state index in [1.165, 1.54) is 0 Å². The van der Waals surface area contributed by atoms with Gasteiger partial charge in [0.2, 0.25) is 0 Å². The number of hydrogen-bond acceptors (Lipinski definition) is 1. The lowest BCUT2D eigenvalue weighted by Crippen LogP contribution is -2.25. The third kappa shape index (κ3) is 3.52. The summed E-state index contributed by atoms with van der Waals surface area (Å²) in [6.07, 6.45) is 0. The Kier molecular flexibility index (Phi) is 2.70. The van der Waals surface area contributed by atoms with Gasteiger partial charge in [0.25, 0.3) is 5.91 Å². The lowest BCUT2D eigenvalue weighted by atomic mass is 10.2. The fourth-order valence-corrected chi connectivity index (χ4v) is 0.256. The summed E-state index contributed by atoms with van der Waals surface area (Å²) in [5, 5.41) is 0. The van der Waals surface area contributed by atoms with Crippen molar-refractivity contribution in [2.24, 2.45) is 22.4 Å². The van der Waals surface area contributed by atoms with Gasteiger partial charge in [-0.1, -0.05) is 13.8 Å². The highest BCUT2D eigenvalue weighted by atomic mass is 16.1. The Balaban J connectivity index is 3.93. The second-order valence-electron chi connectivity index (χ2n) is 2.03. The Morgan fingerprint density at radius 3 is 2.00 bits per heavy atom. The van der Waals surface area contributed by atoms with Gasteiger partial charge in [-0.2, -0.15) is 4.99 Å². The van der Waals surface area contributed by atoms with Crippen LogP contribution in [0, 0.1) is 5.92 Å². The Hall–Kier alpha value is -1.06. The van der Waals surface area contributed by atoms with Gasteiger partial charge < -0.3 is 11.5 Å². The van der Waals surface area contributed by atoms with Crippen LogP contribution in [-0.4, -0.2) is 11.9 Å². The highest BCUT2D eigenvalue weighted by Gasteiger charge is 2.03. The van der Waals surface area contributed by atoms with Crippen LogP contribution < -0.4 is 11.5 Å². The predicted octanol–water partition coefficient (Wildman–Crippen LogP) is -0.558. The molecule has 0 spiro atoms. The zero-order valence-electron chi connectivity index (χ0n) is 5.59. The minimum absolute atomic E-state index is 0.132. The third-order valence-electron chi connectivity index (χ3n) is 0.733. The molecule has 0 aromatic heterocycles. The summed E-state index contributed by atoms with van der Waals surface area (Å²) in [5.74, 6) is -0.587. The van der Waals surface area contributed by atoms with E-state index in [1.54, 1.807) is 13.8 Å². The van der Waals surface area contributed by atoms with Gasteiger partial charge in [0, 0.05) is 5.92 Å². The largest absolute Gasteiger partial charge is 0.370 e. The zero-order valence-corrected chi connectivity index (χ0v) is 5.59. The minimum atomic E-state index is -0.282. The van der Waals surface area contributed by atoms with Crippen molar-refractivity contribution in [2.45, 2.75) is 13.8 Å². The molecule has 0 saturated carbocycles. The molecule has 0 aliphatic carbocycles. The van der Waals surface area contributed by atoms with Crippen LogP contribution in [0.15, 0.2) is 4.99 Å². The number of nitrogens with two attached hydrogens (primary N) is 2. The molecule has 4 N–H and O–H groups in total. The average molecular weight is 129 g/mol. The van der Waals surface area contributed by atoms with Crippen molar-refractivity contribution in [3.63, 3.8) is 0 Å². The molecule has 1 amide bonds. The predicted molar refractivity (Wildman–Crippen MR) is 35.7 cm³/mol. The molecule has 0 aliphatic rings. The maximum atomic E-state index is 10.6. The van der Waals surface area contributed by atoms with Gasteiger partial charge in [-0.05, 0) is 0 Å². The van der Waals surface area contributed by atoms with Crippen molar-refractivity contribution >= 4 is 11.9 Å². The van der Waals surface area contributed by atoms with Crippen LogP contribution in [0.2, 0.25) is 0 Å². The molecule has 0 saturated heterocycles. The van der Waals surface area contributed by atoms with Gasteiger partial charge in [-0.15, -0.1) is 0 Å². The first-order valence-corrected chi connectivity index (χ1v) is 2.67. The minimum Gasteiger partial charge on any atom is -0.370 e. The molecule has 0 heterocycles. The number of nitrogens with zero attached hydrogens (tertiary/aromatic N) is 1. The summed E-state index contributed by atoms with van der Waals surface area (Å²) in [4.78, 5) is 13.9. The van der Waals surface area contributed by atoms with Crippen molar-refractivity contribution < 1.29 is 4.79 Å². The topological polar surface area (TPSA) is 81.5 Å². The Bertz CT molecular complexity index is 135. The normalized spacial score (nSPS) is 9.22. The van der Waals surface area contributed by atoms with E-state index in [2.05, 4.69) is 4.99 Å². The smallest absolute Gasteiger partial charge is 0.251 e. The van der Waals surface area contributed by atoms with Crippen LogP contribution in [0.5, 0.6) is 0 Å². The van der Waals surface area contributed by atoms with Gasteiger partial charge in [-0.25, -0.2) is 0 Å². The summed E-state index contributed by atoms with van der Waals surface area (Å²) < 4.78 is 0. The average Bonchev–Trinajstić information content (AvgIpc) is 1.63. The van der Waals surface area contributed by atoms with Gasteiger partial charge in [0.1, 0.15) is 0 Å². The lowest BCUT2D eigenvalue weighted by Gasteiger charge is -1.95. The van der Waals surface area contributed by atoms with E-state index in [4.69, 9.17) is 11.5 Å². The molecule has 0 aromatic rings. The summed E-state index contributed by atoms with van der Waals surface area (Å²) in [6, 6.07) is 0. The number of amides is 1. The Morgan fingerprint density at radius 1 is 1.44 bits per heavy atom. The highest BCUT2D eigenvalue weighted by Crippen LogP contribution is 1.93. The number of guanidine groups is 1. The van der Waals surface area contributed by atoms with Crippen LogP contribution in [0.4, 0.5) is 0 Å². The van der Waals surface area contributed by atoms with E-state index in [0.717, 1.165) is 0 Å². The Labute approximate surface area is 53.9 Å². The molecule has 0 aromatic carbocycles. The molecular weight excluding hydrogens is 118 g/mol. The molecular formula is C5H11N3O. The van der Waals surface area contributed by atoms with Crippen molar-refractivity contribution in [1.29, 1.82) is 0 Å². The van der Waals surface area contributed by atoms with Crippen molar-refractivity contribution in [1.82, 2.24) is 0 Å². The van der Waals surface area contributed by atoms with Crippen LogP contribution in [0.1, 0.15) is 13.8 Å².